The third kappa shape index (κ3) is 4.12. The minimum atomic E-state index is -3.02. The van der Waals surface area contributed by atoms with E-state index in [0.29, 0.717) is 18.8 Å². The molecule has 28 heavy (non-hydrogen) atoms. The molecule has 2 aliphatic rings. The van der Waals surface area contributed by atoms with Crippen molar-refractivity contribution in [3.63, 3.8) is 0 Å². The van der Waals surface area contributed by atoms with E-state index in [1.165, 1.54) is 5.56 Å². The number of rotatable bonds is 5. The second kappa shape index (κ2) is 7.67. The van der Waals surface area contributed by atoms with Crippen molar-refractivity contribution in [3.05, 3.63) is 47.7 Å². The van der Waals surface area contributed by atoms with Crippen LogP contribution in [0.25, 0.3) is 0 Å². The highest BCUT2D eigenvalue weighted by atomic mass is 32.2. The number of benzene rings is 1. The zero-order valence-electron chi connectivity index (χ0n) is 16.0. The van der Waals surface area contributed by atoms with E-state index >= 15 is 0 Å². The smallest absolute Gasteiger partial charge is 0.239 e. The molecule has 0 saturated carbocycles. The van der Waals surface area contributed by atoms with Crippen LogP contribution in [0.5, 0.6) is 0 Å². The maximum Gasteiger partial charge on any atom is 0.239 e. The summed E-state index contributed by atoms with van der Waals surface area (Å²) in [6.07, 6.45) is 2.66. The Morgan fingerprint density at radius 1 is 1.25 bits per heavy atom. The summed E-state index contributed by atoms with van der Waals surface area (Å²) in [5, 5.41) is 7.39. The van der Waals surface area contributed by atoms with E-state index in [4.69, 9.17) is 0 Å². The summed E-state index contributed by atoms with van der Waals surface area (Å²) in [4.78, 5) is 14.9. The van der Waals surface area contributed by atoms with Gasteiger partial charge < -0.3 is 5.32 Å². The van der Waals surface area contributed by atoms with Crippen LogP contribution in [0.3, 0.4) is 0 Å². The Balaban J connectivity index is 1.44. The maximum absolute atomic E-state index is 12.7. The number of hydrogen-bond acceptors (Lipinski definition) is 5. The fourth-order valence-corrected chi connectivity index (χ4v) is 5.98. The lowest BCUT2D eigenvalue weighted by Crippen LogP contribution is -2.33. The van der Waals surface area contributed by atoms with Crippen molar-refractivity contribution in [1.82, 2.24) is 14.7 Å². The number of hydrogen-bond donors (Lipinski definition) is 1. The minimum Gasteiger partial charge on any atom is -0.310 e. The van der Waals surface area contributed by atoms with Crippen molar-refractivity contribution in [2.24, 2.45) is 0 Å². The van der Waals surface area contributed by atoms with E-state index in [-0.39, 0.29) is 29.5 Å². The van der Waals surface area contributed by atoms with Gasteiger partial charge >= 0.3 is 0 Å². The highest BCUT2D eigenvalue weighted by molar-refractivity contribution is 7.91. The lowest BCUT2D eigenvalue weighted by Gasteiger charge is -2.24. The van der Waals surface area contributed by atoms with Crippen LogP contribution >= 0.6 is 0 Å². The summed E-state index contributed by atoms with van der Waals surface area (Å²) in [5.41, 5.74) is 2.01. The van der Waals surface area contributed by atoms with Crippen molar-refractivity contribution in [1.29, 1.82) is 0 Å². The van der Waals surface area contributed by atoms with Gasteiger partial charge in [-0.2, -0.15) is 5.10 Å². The van der Waals surface area contributed by atoms with Crippen molar-refractivity contribution in [2.75, 3.05) is 29.9 Å². The summed E-state index contributed by atoms with van der Waals surface area (Å²) in [7, 11) is -3.02. The van der Waals surface area contributed by atoms with Gasteiger partial charge in [-0.15, -0.1) is 0 Å². The van der Waals surface area contributed by atoms with E-state index in [2.05, 4.69) is 27.4 Å². The van der Waals surface area contributed by atoms with Gasteiger partial charge in [-0.25, -0.2) is 13.1 Å². The number of amides is 1. The topological polar surface area (TPSA) is 84.3 Å². The molecule has 1 aromatic heterocycles. The summed E-state index contributed by atoms with van der Waals surface area (Å²) < 4.78 is 25.3. The first-order valence-electron chi connectivity index (χ1n) is 9.77. The van der Waals surface area contributed by atoms with Crippen molar-refractivity contribution in [3.8, 4) is 0 Å². The van der Waals surface area contributed by atoms with Gasteiger partial charge in [0.15, 0.2) is 9.84 Å². The Kier molecular flexibility index (Phi) is 5.25. The maximum atomic E-state index is 12.7. The molecular weight excluding hydrogens is 376 g/mol. The van der Waals surface area contributed by atoms with Crippen LogP contribution in [0.15, 0.2) is 36.4 Å². The van der Waals surface area contributed by atoms with Crippen LogP contribution in [0.1, 0.15) is 42.6 Å². The molecule has 2 aliphatic heterocycles. The highest BCUT2D eigenvalue weighted by Gasteiger charge is 2.32. The lowest BCUT2D eigenvalue weighted by atomic mass is 10.0. The van der Waals surface area contributed by atoms with Crippen LogP contribution < -0.4 is 5.32 Å². The van der Waals surface area contributed by atoms with Gasteiger partial charge in [0.25, 0.3) is 0 Å². The van der Waals surface area contributed by atoms with Gasteiger partial charge in [0.1, 0.15) is 5.82 Å². The summed E-state index contributed by atoms with van der Waals surface area (Å²) in [5.74, 6) is 0.750. The third-order valence-electron chi connectivity index (χ3n) is 5.57. The Bertz CT molecular complexity index is 955. The molecule has 0 spiro atoms. The molecule has 8 heteroatoms. The summed E-state index contributed by atoms with van der Waals surface area (Å²) in [6, 6.07) is 12.1. The van der Waals surface area contributed by atoms with Gasteiger partial charge in [0, 0.05) is 12.1 Å². The average Bonchev–Trinajstić information content (AvgIpc) is 3.34. The second-order valence-electron chi connectivity index (χ2n) is 7.76. The van der Waals surface area contributed by atoms with Crippen LogP contribution in [0.2, 0.25) is 0 Å². The van der Waals surface area contributed by atoms with Crippen LogP contribution in [-0.4, -0.2) is 53.6 Å². The van der Waals surface area contributed by atoms with E-state index < -0.39 is 9.84 Å². The number of anilines is 1. The van der Waals surface area contributed by atoms with E-state index in [0.717, 1.165) is 25.1 Å². The van der Waals surface area contributed by atoms with E-state index in [1.807, 2.05) is 31.2 Å². The molecule has 150 valence electrons. The first kappa shape index (κ1) is 19.1. The molecule has 2 saturated heterocycles. The molecular formula is C20H26N4O3S. The van der Waals surface area contributed by atoms with E-state index in [9.17, 15) is 13.2 Å². The molecule has 0 aliphatic carbocycles. The molecule has 1 aromatic carbocycles. The zero-order chi connectivity index (χ0) is 19.7. The van der Waals surface area contributed by atoms with Gasteiger partial charge in [-0.05, 0) is 38.3 Å². The molecule has 2 unspecified atom stereocenters. The van der Waals surface area contributed by atoms with E-state index in [1.54, 1.807) is 4.68 Å². The van der Waals surface area contributed by atoms with Crippen molar-refractivity contribution in [2.45, 2.75) is 38.3 Å². The standard InChI is InChI=1S/C20H26N4O3S/c1-15-12-19(24(22-15)17-9-11-28(26,27)14-17)21-20(25)13-23-10-5-8-18(23)16-6-3-2-4-7-16/h2-4,6-7,12,17-18H,5,8-11,13-14H2,1H3,(H,21,25). The predicted molar refractivity (Wildman–Crippen MR) is 108 cm³/mol. The lowest BCUT2D eigenvalue weighted by molar-refractivity contribution is -0.117. The van der Waals surface area contributed by atoms with Crippen LogP contribution in [-0.2, 0) is 14.6 Å². The number of nitrogens with zero attached hydrogens (tertiary/aromatic N) is 3. The Morgan fingerprint density at radius 3 is 2.75 bits per heavy atom. The normalized spacial score (nSPS) is 24.5. The third-order valence-corrected chi connectivity index (χ3v) is 7.32. The first-order valence-corrected chi connectivity index (χ1v) is 11.6. The molecule has 1 N–H and O–H groups in total. The largest absolute Gasteiger partial charge is 0.310 e. The van der Waals surface area contributed by atoms with Gasteiger partial charge in [0.05, 0.1) is 29.8 Å². The number of carbonyl (C=O) groups excluding carboxylic acids is 1. The number of nitrogens with one attached hydrogen (secondary N) is 1. The molecule has 1 amide bonds. The molecule has 7 nitrogen and oxygen atoms in total. The van der Waals surface area contributed by atoms with Gasteiger partial charge in [0.2, 0.25) is 5.91 Å². The number of likely N-dealkylation sites (tertiary alicyclic amines) is 1. The quantitative estimate of drug-likeness (QED) is 0.830. The molecule has 2 atom stereocenters. The zero-order valence-corrected chi connectivity index (χ0v) is 16.9. The Labute approximate surface area is 165 Å². The monoisotopic (exact) mass is 402 g/mol. The highest BCUT2D eigenvalue weighted by Crippen LogP contribution is 2.31. The average molecular weight is 403 g/mol. The molecule has 2 aromatic rings. The molecule has 2 fully saturated rings. The molecule has 4 rings (SSSR count). The summed E-state index contributed by atoms with van der Waals surface area (Å²) >= 11 is 0. The Hall–Kier alpha value is -2.19. The fourth-order valence-electron chi connectivity index (χ4n) is 4.29. The van der Waals surface area contributed by atoms with Crippen LogP contribution in [0, 0.1) is 6.92 Å². The van der Waals surface area contributed by atoms with Gasteiger partial charge in [-0.3, -0.25) is 9.69 Å². The van der Waals surface area contributed by atoms with Crippen molar-refractivity contribution >= 4 is 21.6 Å². The Morgan fingerprint density at radius 2 is 2.04 bits per heavy atom. The molecule has 3 heterocycles. The number of aromatic nitrogens is 2. The fraction of sp³-hybridized carbons (Fsp3) is 0.500. The first-order chi connectivity index (χ1) is 13.4. The second-order valence-corrected chi connectivity index (χ2v) is 9.99. The summed E-state index contributed by atoms with van der Waals surface area (Å²) in [6.45, 7) is 3.06. The molecule has 0 radical (unpaired) electrons. The minimum absolute atomic E-state index is 0.0825. The predicted octanol–water partition coefficient (Wildman–Crippen LogP) is 2.33. The van der Waals surface area contributed by atoms with Crippen LogP contribution in [0.4, 0.5) is 5.82 Å². The number of aryl methyl sites for hydroxylation is 1. The number of sulfone groups is 1. The SMILES string of the molecule is Cc1cc(NC(=O)CN2CCCC2c2ccccc2)n(C2CCS(=O)(=O)C2)n1. The van der Waals surface area contributed by atoms with Gasteiger partial charge in [-0.1, -0.05) is 30.3 Å². The number of carbonyl (C=O) groups is 1. The molecule has 0 bridgehead atoms. The van der Waals surface area contributed by atoms with Crippen molar-refractivity contribution < 1.29 is 13.2 Å².